The second-order valence-electron chi connectivity index (χ2n) is 5.25. The fraction of sp³-hybridized carbons (Fsp3) is 0.235. The van der Waals surface area contributed by atoms with Gasteiger partial charge in [0, 0.05) is 17.7 Å². The number of para-hydroxylation sites is 1. The summed E-state index contributed by atoms with van der Waals surface area (Å²) >= 11 is 0. The third-order valence-corrected chi connectivity index (χ3v) is 3.86. The molecular weight excluding hydrogens is 282 g/mol. The standard InChI is InChI=1S/C17H15NO4/c19-17(12-5-6-15-16(9-12)22-11-21-15)18-7-8-20-14-4-2-1-3-13(14)10-18/h1-6,9H,7-8,10-11H2. The number of nitrogens with zero attached hydrogens (tertiary/aromatic N) is 1. The van der Waals surface area contributed by atoms with Crippen molar-refractivity contribution in [2.24, 2.45) is 0 Å². The Labute approximate surface area is 128 Å². The first-order valence-electron chi connectivity index (χ1n) is 7.21. The molecule has 2 aliphatic heterocycles. The molecule has 4 rings (SSSR count). The topological polar surface area (TPSA) is 48.0 Å². The fourth-order valence-corrected chi connectivity index (χ4v) is 2.71. The number of amides is 1. The molecule has 0 aliphatic carbocycles. The summed E-state index contributed by atoms with van der Waals surface area (Å²) in [5.74, 6) is 2.13. The highest BCUT2D eigenvalue weighted by molar-refractivity contribution is 5.95. The number of carbonyl (C=O) groups is 1. The molecule has 112 valence electrons. The Balaban J connectivity index is 1.60. The largest absolute Gasteiger partial charge is 0.491 e. The molecule has 2 aliphatic rings. The number of rotatable bonds is 1. The smallest absolute Gasteiger partial charge is 0.254 e. The number of hydrogen-bond donors (Lipinski definition) is 0. The molecule has 22 heavy (non-hydrogen) atoms. The predicted molar refractivity (Wildman–Crippen MR) is 79.2 cm³/mol. The van der Waals surface area contributed by atoms with Gasteiger partial charge in [0.1, 0.15) is 12.4 Å². The van der Waals surface area contributed by atoms with Crippen molar-refractivity contribution in [2.75, 3.05) is 19.9 Å². The van der Waals surface area contributed by atoms with E-state index >= 15 is 0 Å². The van der Waals surface area contributed by atoms with Gasteiger partial charge < -0.3 is 19.1 Å². The Hall–Kier alpha value is -2.69. The minimum absolute atomic E-state index is 0.0291. The summed E-state index contributed by atoms with van der Waals surface area (Å²) < 4.78 is 16.3. The van der Waals surface area contributed by atoms with E-state index in [2.05, 4.69) is 0 Å². The maximum atomic E-state index is 12.7. The average Bonchev–Trinajstić information content (AvgIpc) is 2.91. The van der Waals surface area contributed by atoms with E-state index in [1.54, 1.807) is 23.1 Å². The summed E-state index contributed by atoms with van der Waals surface area (Å²) in [7, 11) is 0. The third-order valence-electron chi connectivity index (χ3n) is 3.86. The van der Waals surface area contributed by atoms with Gasteiger partial charge in [-0.2, -0.15) is 0 Å². The SMILES string of the molecule is O=C(c1ccc2c(c1)OCO2)N1CCOc2ccccc2C1. The van der Waals surface area contributed by atoms with Crippen molar-refractivity contribution in [2.45, 2.75) is 6.54 Å². The Morgan fingerprint density at radius 3 is 2.77 bits per heavy atom. The summed E-state index contributed by atoms with van der Waals surface area (Å²) in [4.78, 5) is 14.5. The van der Waals surface area contributed by atoms with Crippen LogP contribution in [0.3, 0.4) is 0 Å². The van der Waals surface area contributed by atoms with E-state index in [1.807, 2.05) is 24.3 Å². The van der Waals surface area contributed by atoms with Gasteiger partial charge in [-0.1, -0.05) is 18.2 Å². The lowest BCUT2D eigenvalue weighted by Crippen LogP contribution is -2.32. The van der Waals surface area contributed by atoms with Crippen LogP contribution in [0.1, 0.15) is 15.9 Å². The van der Waals surface area contributed by atoms with E-state index in [9.17, 15) is 4.79 Å². The van der Waals surface area contributed by atoms with Gasteiger partial charge in [-0.05, 0) is 24.3 Å². The summed E-state index contributed by atoms with van der Waals surface area (Å²) in [5, 5.41) is 0. The summed E-state index contributed by atoms with van der Waals surface area (Å²) in [6.07, 6.45) is 0. The van der Waals surface area contributed by atoms with Crippen LogP contribution < -0.4 is 14.2 Å². The van der Waals surface area contributed by atoms with Crippen LogP contribution in [-0.4, -0.2) is 30.8 Å². The van der Waals surface area contributed by atoms with Gasteiger partial charge >= 0.3 is 0 Å². The van der Waals surface area contributed by atoms with E-state index in [0.717, 1.165) is 11.3 Å². The van der Waals surface area contributed by atoms with Gasteiger partial charge in [-0.15, -0.1) is 0 Å². The Morgan fingerprint density at radius 2 is 1.82 bits per heavy atom. The Kier molecular flexibility index (Phi) is 3.11. The molecule has 0 N–H and O–H groups in total. The Bertz CT molecular complexity index is 728. The number of benzene rings is 2. The summed E-state index contributed by atoms with van der Waals surface area (Å²) in [6.45, 7) is 1.80. The first-order chi connectivity index (χ1) is 10.8. The van der Waals surface area contributed by atoms with E-state index in [1.165, 1.54) is 0 Å². The lowest BCUT2D eigenvalue weighted by atomic mass is 10.1. The van der Waals surface area contributed by atoms with Crippen LogP contribution in [0.5, 0.6) is 17.2 Å². The second-order valence-corrected chi connectivity index (χ2v) is 5.25. The van der Waals surface area contributed by atoms with Crippen molar-refractivity contribution in [1.29, 1.82) is 0 Å². The molecule has 2 heterocycles. The molecule has 5 heteroatoms. The predicted octanol–water partition coefficient (Wildman–Crippen LogP) is 2.45. The van der Waals surface area contributed by atoms with Gasteiger partial charge in [0.25, 0.3) is 5.91 Å². The minimum atomic E-state index is -0.0291. The molecule has 0 unspecified atom stereocenters. The lowest BCUT2D eigenvalue weighted by Gasteiger charge is -2.20. The molecule has 0 bridgehead atoms. The number of carbonyl (C=O) groups excluding carboxylic acids is 1. The highest BCUT2D eigenvalue weighted by atomic mass is 16.7. The zero-order chi connectivity index (χ0) is 14.9. The van der Waals surface area contributed by atoms with Crippen LogP contribution >= 0.6 is 0 Å². The molecule has 2 aromatic carbocycles. The molecule has 0 fully saturated rings. The number of fused-ring (bicyclic) bond motifs is 2. The molecule has 1 amide bonds. The van der Waals surface area contributed by atoms with Crippen molar-refractivity contribution in [1.82, 2.24) is 4.90 Å². The van der Waals surface area contributed by atoms with Crippen molar-refractivity contribution in [3.05, 3.63) is 53.6 Å². The van der Waals surface area contributed by atoms with Crippen LogP contribution in [0, 0.1) is 0 Å². The number of ether oxygens (including phenoxy) is 3. The van der Waals surface area contributed by atoms with Gasteiger partial charge in [0.15, 0.2) is 11.5 Å². The zero-order valence-corrected chi connectivity index (χ0v) is 12.0. The van der Waals surface area contributed by atoms with Gasteiger partial charge in [-0.25, -0.2) is 0 Å². The van der Waals surface area contributed by atoms with E-state index < -0.39 is 0 Å². The fourth-order valence-electron chi connectivity index (χ4n) is 2.71. The highest BCUT2D eigenvalue weighted by Gasteiger charge is 2.23. The van der Waals surface area contributed by atoms with Crippen LogP contribution in [0.25, 0.3) is 0 Å². The van der Waals surface area contributed by atoms with Crippen LogP contribution in [0.15, 0.2) is 42.5 Å². The molecular formula is C17H15NO4. The normalized spacial score (nSPS) is 15.7. The van der Waals surface area contributed by atoms with E-state index in [4.69, 9.17) is 14.2 Å². The van der Waals surface area contributed by atoms with Crippen LogP contribution in [0.4, 0.5) is 0 Å². The summed E-state index contributed by atoms with van der Waals surface area (Å²) in [5.41, 5.74) is 1.62. The Morgan fingerprint density at radius 1 is 0.955 bits per heavy atom. The molecule has 5 nitrogen and oxygen atoms in total. The molecule has 0 atom stereocenters. The van der Waals surface area contributed by atoms with Crippen molar-refractivity contribution < 1.29 is 19.0 Å². The number of hydrogen-bond acceptors (Lipinski definition) is 4. The minimum Gasteiger partial charge on any atom is -0.491 e. The van der Waals surface area contributed by atoms with Crippen molar-refractivity contribution >= 4 is 5.91 Å². The zero-order valence-electron chi connectivity index (χ0n) is 12.0. The second kappa shape index (κ2) is 5.26. The molecule has 2 aromatic rings. The molecule has 0 spiro atoms. The van der Waals surface area contributed by atoms with Crippen molar-refractivity contribution in [3.8, 4) is 17.2 Å². The molecule has 0 aromatic heterocycles. The van der Waals surface area contributed by atoms with Crippen molar-refractivity contribution in [3.63, 3.8) is 0 Å². The average molecular weight is 297 g/mol. The highest BCUT2D eigenvalue weighted by Crippen LogP contribution is 2.33. The van der Waals surface area contributed by atoms with Gasteiger partial charge in [0.2, 0.25) is 6.79 Å². The maximum absolute atomic E-state index is 12.7. The molecule has 0 saturated carbocycles. The lowest BCUT2D eigenvalue weighted by molar-refractivity contribution is 0.0733. The maximum Gasteiger partial charge on any atom is 0.254 e. The monoisotopic (exact) mass is 297 g/mol. The molecule has 0 radical (unpaired) electrons. The van der Waals surface area contributed by atoms with Gasteiger partial charge in [0.05, 0.1) is 6.54 Å². The first-order valence-corrected chi connectivity index (χ1v) is 7.21. The first kappa shape index (κ1) is 13.0. The van der Waals surface area contributed by atoms with E-state index in [-0.39, 0.29) is 12.7 Å². The third kappa shape index (κ3) is 2.24. The van der Waals surface area contributed by atoms with E-state index in [0.29, 0.717) is 36.8 Å². The van der Waals surface area contributed by atoms with Crippen LogP contribution in [0.2, 0.25) is 0 Å². The quantitative estimate of drug-likeness (QED) is 0.811. The van der Waals surface area contributed by atoms with Gasteiger partial charge in [-0.3, -0.25) is 4.79 Å². The molecule has 0 saturated heterocycles. The van der Waals surface area contributed by atoms with Crippen LogP contribution in [-0.2, 0) is 6.54 Å². The summed E-state index contributed by atoms with van der Waals surface area (Å²) in [6, 6.07) is 13.1.